The van der Waals surface area contributed by atoms with E-state index in [-0.39, 0.29) is 17.7 Å². The van der Waals surface area contributed by atoms with Gasteiger partial charge in [-0.2, -0.15) is 0 Å². The summed E-state index contributed by atoms with van der Waals surface area (Å²) in [5.74, 6) is 1.42. The van der Waals surface area contributed by atoms with E-state index in [1.807, 2.05) is 51.1 Å². The van der Waals surface area contributed by atoms with Gasteiger partial charge in [0.15, 0.2) is 0 Å². The maximum Gasteiger partial charge on any atom is 0.277 e. The van der Waals surface area contributed by atoms with Gasteiger partial charge in [0.2, 0.25) is 0 Å². The number of rotatable bonds is 6. The fraction of sp³-hybridized carbons (Fsp3) is 0.360. The van der Waals surface area contributed by atoms with Crippen molar-refractivity contribution >= 4 is 5.69 Å². The molecule has 6 nitrogen and oxygen atoms in total. The normalized spacial score (nSPS) is 17.5. The highest BCUT2D eigenvalue weighted by Crippen LogP contribution is 2.36. The van der Waals surface area contributed by atoms with Crippen LogP contribution in [0.4, 0.5) is 5.69 Å². The van der Waals surface area contributed by atoms with Crippen LogP contribution in [0.3, 0.4) is 0 Å². The molecule has 2 atom stereocenters. The molecule has 3 aromatic rings. The van der Waals surface area contributed by atoms with Crippen molar-refractivity contribution in [2.45, 2.75) is 39.3 Å². The summed E-state index contributed by atoms with van der Waals surface area (Å²) in [4.78, 5) is 18.2. The lowest BCUT2D eigenvalue weighted by Gasteiger charge is -2.24. The third kappa shape index (κ3) is 3.83. The molecule has 0 aliphatic heterocycles. The van der Waals surface area contributed by atoms with Crippen molar-refractivity contribution in [3.05, 3.63) is 75.2 Å². The molecule has 2 aromatic carbocycles. The Morgan fingerprint density at radius 3 is 2.68 bits per heavy atom. The summed E-state index contributed by atoms with van der Waals surface area (Å²) in [6.07, 6.45) is 0.812. The van der Waals surface area contributed by atoms with Crippen molar-refractivity contribution in [1.29, 1.82) is 0 Å². The molecule has 0 fully saturated rings. The maximum atomic E-state index is 13.4. The topological polar surface area (TPSA) is 65.4 Å². The van der Waals surface area contributed by atoms with Crippen molar-refractivity contribution in [1.82, 2.24) is 9.55 Å². The molecule has 0 radical (unpaired) electrons. The molecule has 0 spiro atoms. The predicted molar refractivity (Wildman–Crippen MR) is 123 cm³/mol. The highest BCUT2D eigenvalue weighted by molar-refractivity contribution is 5.64. The number of anilines is 1. The lowest BCUT2D eigenvalue weighted by atomic mass is 10.1. The smallest absolute Gasteiger partial charge is 0.277 e. The fourth-order valence-corrected chi connectivity index (χ4v) is 4.38. The van der Waals surface area contributed by atoms with Gasteiger partial charge in [-0.25, -0.2) is 4.98 Å². The van der Waals surface area contributed by atoms with Crippen LogP contribution in [0.2, 0.25) is 0 Å². The van der Waals surface area contributed by atoms with E-state index in [1.165, 1.54) is 11.1 Å². The van der Waals surface area contributed by atoms with E-state index in [2.05, 4.69) is 17.4 Å². The van der Waals surface area contributed by atoms with Crippen LogP contribution in [0.5, 0.6) is 5.75 Å². The van der Waals surface area contributed by atoms with E-state index in [1.54, 1.807) is 18.7 Å². The summed E-state index contributed by atoms with van der Waals surface area (Å²) in [5.41, 5.74) is 5.44. The molecule has 2 unspecified atom stereocenters. The standard InChI is InChI=1S/C25H29N3O3/c1-6-31-21-14-17-9-7-8-10-20(17)23(21)27-22-16(3)26-24(28(4)25(22)29)19-12-11-18(30-5)13-15(19)2/h7-13,21,23,27H,6,14H2,1-5H3. The number of aryl methyl sites for hydroxylation is 2. The van der Waals surface area contributed by atoms with Gasteiger partial charge >= 0.3 is 0 Å². The van der Waals surface area contributed by atoms with E-state index in [9.17, 15) is 4.79 Å². The highest BCUT2D eigenvalue weighted by atomic mass is 16.5. The Morgan fingerprint density at radius 1 is 1.19 bits per heavy atom. The van der Waals surface area contributed by atoms with Crippen molar-refractivity contribution in [3.63, 3.8) is 0 Å². The zero-order valence-corrected chi connectivity index (χ0v) is 18.7. The summed E-state index contributed by atoms with van der Waals surface area (Å²) >= 11 is 0. The number of nitrogens with zero attached hydrogens (tertiary/aromatic N) is 2. The largest absolute Gasteiger partial charge is 0.497 e. The molecule has 1 aliphatic rings. The van der Waals surface area contributed by atoms with Crippen LogP contribution in [0, 0.1) is 13.8 Å². The molecule has 0 saturated heterocycles. The second-order valence-corrected chi connectivity index (χ2v) is 7.96. The first-order valence-electron chi connectivity index (χ1n) is 10.6. The highest BCUT2D eigenvalue weighted by Gasteiger charge is 2.34. The van der Waals surface area contributed by atoms with Crippen molar-refractivity contribution in [3.8, 4) is 17.1 Å². The van der Waals surface area contributed by atoms with Crippen LogP contribution in [-0.4, -0.2) is 29.4 Å². The van der Waals surface area contributed by atoms with Gasteiger partial charge in [0.25, 0.3) is 5.56 Å². The molecule has 162 valence electrons. The monoisotopic (exact) mass is 419 g/mol. The Balaban J connectivity index is 1.74. The summed E-state index contributed by atoms with van der Waals surface area (Å²) in [6, 6.07) is 14.0. The number of aromatic nitrogens is 2. The van der Waals surface area contributed by atoms with Gasteiger partial charge in [-0.15, -0.1) is 0 Å². The summed E-state index contributed by atoms with van der Waals surface area (Å²) in [5, 5.41) is 3.48. The van der Waals surface area contributed by atoms with E-state index in [0.717, 1.165) is 23.3 Å². The van der Waals surface area contributed by atoms with Gasteiger partial charge < -0.3 is 14.8 Å². The van der Waals surface area contributed by atoms with Gasteiger partial charge in [-0.05, 0) is 55.7 Å². The third-order valence-corrected chi connectivity index (χ3v) is 6.01. The molecule has 4 rings (SSSR count). The first kappa shape index (κ1) is 21.1. The number of hydrogen-bond donors (Lipinski definition) is 1. The molecule has 0 amide bonds. The Kier molecular flexibility index (Phi) is 5.83. The number of methoxy groups -OCH3 is 1. The van der Waals surface area contributed by atoms with Crippen LogP contribution in [0.1, 0.15) is 35.3 Å². The molecule has 1 heterocycles. The average Bonchev–Trinajstić information content (AvgIpc) is 3.11. The van der Waals surface area contributed by atoms with E-state index in [0.29, 0.717) is 23.8 Å². The zero-order chi connectivity index (χ0) is 22.1. The van der Waals surface area contributed by atoms with Crippen LogP contribution >= 0.6 is 0 Å². The van der Waals surface area contributed by atoms with Crippen molar-refractivity contribution < 1.29 is 9.47 Å². The SMILES string of the molecule is CCOC1Cc2ccccc2C1Nc1c(C)nc(-c2ccc(OC)cc2C)n(C)c1=O. The fourth-order valence-electron chi connectivity index (χ4n) is 4.38. The second kappa shape index (κ2) is 8.55. The van der Waals surface area contributed by atoms with E-state index >= 15 is 0 Å². The first-order valence-corrected chi connectivity index (χ1v) is 10.6. The van der Waals surface area contributed by atoms with Crippen LogP contribution in [0.15, 0.2) is 47.3 Å². The maximum absolute atomic E-state index is 13.4. The van der Waals surface area contributed by atoms with Gasteiger partial charge in [0.05, 0.1) is 24.9 Å². The molecular weight excluding hydrogens is 390 g/mol. The number of fused-ring (bicyclic) bond motifs is 1. The minimum Gasteiger partial charge on any atom is -0.497 e. The molecule has 31 heavy (non-hydrogen) atoms. The Morgan fingerprint density at radius 2 is 1.97 bits per heavy atom. The minimum atomic E-state index is -0.0997. The number of benzene rings is 2. The molecule has 1 aliphatic carbocycles. The third-order valence-electron chi connectivity index (χ3n) is 6.01. The van der Waals surface area contributed by atoms with Crippen LogP contribution in [0.25, 0.3) is 11.4 Å². The van der Waals surface area contributed by atoms with Gasteiger partial charge in [0, 0.05) is 25.6 Å². The van der Waals surface area contributed by atoms with E-state index < -0.39 is 0 Å². The Labute approximate surface area is 182 Å². The van der Waals surface area contributed by atoms with Gasteiger partial charge in [-0.3, -0.25) is 9.36 Å². The second-order valence-electron chi connectivity index (χ2n) is 7.96. The van der Waals surface area contributed by atoms with Crippen LogP contribution < -0.4 is 15.6 Å². The lowest BCUT2D eigenvalue weighted by Crippen LogP contribution is -2.31. The number of ether oxygens (including phenoxy) is 2. The zero-order valence-electron chi connectivity index (χ0n) is 18.7. The van der Waals surface area contributed by atoms with E-state index in [4.69, 9.17) is 14.5 Å². The quantitative estimate of drug-likeness (QED) is 0.649. The molecule has 0 bridgehead atoms. The first-order chi connectivity index (χ1) is 14.9. The van der Waals surface area contributed by atoms with Gasteiger partial charge in [-0.1, -0.05) is 24.3 Å². The summed E-state index contributed by atoms with van der Waals surface area (Å²) < 4.78 is 12.9. The predicted octanol–water partition coefficient (Wildman–Crippen LogP) is 4.19. The molecule has 1 N–H and O–H groups in total. The van der Waals surface area contributed by atoms with Gasteiger partial charge in [0.1, 0.15) is 17.3 Å². The lowest BCUT2D eigenvalue weighted by molar-refractivity contribution is 0.0574. The van der Waals surface area contributed by atoms with Crippen molar-refractivity contribution in [2.24, 2.45) is 7.05 Å². The Hall–Kier alpha value is -3.12. The van der Waals surface area contributed by atoms with Crippen LogP contribution in [-0.2, 0) is 18.2 Å². The minimum absolute atomic E-state index is 0.0185. The number of hydrogen-bond acceptors (Lipinski definition) is 5. The molecular formula is C25H29N3O3. The summed E-state index contributed by atoms with van der Waals surface area (Å²) in [7, 11) is 3.41. The number of nitrogens with one attached hydrogen (secondary N) is 1. The molecule has 1 aromatic heterocycles. The average molecular weight is 420 g/mol. The Bertz CT molecular complexity index is 1170. The van der Waals surface area contributed by atoms with Crippen molar-refractivity contribution in [2.75, 3.05) is 19.0 Å². The summed E-state index contributed by atoms with van der Waals surface area (Å²) in [6.45, 7) is 6.50. The molecule has 0 saturated carbocycles. The molecule has 6 heteroatoms.